The number of Topliss-reactive ketones (excluding diaryl/α,β-unsaturated/α-hetero) is 1. The summed E-state index contributed by atoms with van der Waals surface area (Å²) in [6.45, 7) is 12.4. The number of aliphatic hydroxyl groups excluding tert-OH is 1. The monoisotopic (exact) mass is 454 g/mol. The number of aliphatic hydroxyl groups is 1. The van der Waals surface area contributed by atoms with Gasteiger partial charge in [0, 0.05) is 35.5 Å². The molecule has 180 valence electrons. The SMILES string of the molecule is CC(=O)OC1CC2C3(C)CCC(=O)C(C)(C)C3CC(O)C2(C)C2=CCC(c3ccoc3)C21C. The van der Waals surface area contributed by atoms with Crippen LogP contribution in [0.25, 0.3) is 0 Å². The molecule has 1 aromatic heterocycles. The van der Waals surface area contributed by atoms with E-state index < -0.39 is 22.3 Å². The largest absolute Gasteiger partial charge is 0.472 e. The molecule has 4 aliphatic rings. The smallest absolute Gasteiger partial charge is 0.302 e. The first-order valence-electron chi connectivity index (χ1n) is 12.5. The third-order valence-corrected chi connectivity index (χ3v) is 10.8. The molecular weight excluding hydrogens is 416 g/mol. The molecule has 5 nitrogen and oxygen atoms in total. The number of fused-ring (bicyclic) bond motifs is 5. The van der Waals surface area contributed by atoms with Crippen molar-refractivity contribution in [2.45, 2.75) is 91.8 Å². The van der Waals surface area contributed by atoms with E-state index in [0.29, 0.717) is 25.0 Å². The topological polar surface area (TPSA) is 76.7 Å². The Bertz CT molecular complexity index is 1010. The average Bonchev–Trinajstić information content (AvgIpc) is 3.38. The molecule has 3 saturated carbocycles. The quantitative estimate of drug-likeness (QED) is 0.476. The Morgan fingerprint density at radius 3 is 2.48 bits per heavy atom. The molecule has 8 atom stereocenters. The van der Waals surface area contributed by atoms with E-state index in [1.807, 2.05) is 6.07 Å². The number of esters is 1. The number of allylic oxidation sites excluding steroid dienone is 1. The Hall–Kier alpha value is -1.88. The zero-order valence-corrected chi connectivity index (χ0v) is 20.8. The molecule has 1 N–H and O–H groups in total. The van der Waals surface area contributed by atoms with Crippen LogP contribution in [-0.4, -0.2) is 29.1 Å². The fourth-order valence-electron chi connectivity index (χ4n) is 9.02. The molecule has 0 aliphatic heterocycles. The number of ketones is 1. The number of rotatable bonds is 2. The minimum Gasteiger partial charge on any atom is -0.472 e. The van der Waals surface area contributed by atoms with Crippen LogP contribution >= 0.6 is 0 Å². The summed E-state index contributed by atoms with van der Waals surface area (Å²) in [5, 5.41) is 11.8. The Morgan fingerprint density at radius 2 is 1.85 bits per heavy atom. The van der Waals surface area contributed by atoms with Gasteiger partial charge in [0.05, 0.1) is 18.6 Å². The molecule has 5 heteroatoms. The number of hydrogen-bond donors (Lipinski definition) is 1. The van der Waals surface area contributed by atoms with E-state index in [2.05, 4.69) is 40.7 Å². The van der Waals surface area contributed by atoms with E-state index in [1.54, 1.807) is 12.5 Å². The van der Waals surface area contributed by atoms with Gasteiger partial charge in [0.25, 0.3) is 0 Å². The number of furan rings is 1. The normalized spacial score (nSPS) is 46.1. The van der Waals surface area contributed by atoms with Crippen molar-refractivity contribution in [2.24, 2.45) is 33.5 Å². The lowest BCUT2D eigenvalue weighted by atomic mass is 9.37. The van der Waals surface area contributed by atoms with E-state index in [4.69, 9.17) is 9.15 Å². The summed E-state index contributed by atoms with van der Waals surface area (Å²) in [4.78, 5) is 25.2. The molecule has 8 unspecified atom stereocenters. The van der Waals surface area contributed by atoms with Gasteiger partial charge in [0.15, 0.2) is 0 Å². The van der Waals surface area contributed by atoms with Crippen LogP contribution in [0.2, 0.25) is 0 Å². The molecule has 1 heterocycles. The highest BCUT2D eigenvalue weighted by atomic mass is 16.5. The van der Waals surface area contributed by atoms with Gasteiger partial charge in [-0.25, -0.2) is 0 Å². The molecular formula is C28H38O5. The van der Waals surface area contributed by atoms with Crippen LogP contribution in [0.4, 0.5) is 0 Å². The van der Waals surface area contributed by atoms with Crippen molar-refractivity contribution in [1.82, 2.24) is 0 Å². The Labute approximate surface area is 197 Å². The maximum Gasteiger partial charge on any atom is 0.302 e. The highest BCUT2D eigenvalue weighted by Crippen LogP contribution is 2.73. The van der Waals surface area contributed by atoms with Crippen LogP contribution in [0.15, 0.2) is 34.7 Å². The highest BCUT2D eigenvalue weighted by molar-refractivity contribution is 5.85. The van der Waals surface area contributed by atoms with Crippen molar-refractivity contribution in [3.05, 3.63) is 35.8 Å². The summed E-state index contributed by atoms with van der Waals surface area (Å²) >= 11 is 0. The minimum atomic E-state index is -0.544. The summed E-state index contributed by atoms with van der Waals surface area (Å²) in [7, 11) is 0. The molecule has 3 fully saturated rings. The molecule has 0 aromatic carbocycles. The summed E-state index contributed by atoms with van der Waals surface area (Å²) in [6, 6.07) is 2.01. The maximum atomic E-state index is 12.9. The molecule has 33 heavy (non-hydrogen) atoms. The first kappa shape index (κ1) is 22.9. The third-order valence-electron chi connectivity index (χ3n) is 10.8. The van der Waals surface area contributed by atoms with Gasteiger partial charge in [-0.1, -0.05) is 46.3 Å². The Kier molecular flexibility index (Phi) is 4.90. The Balaban J connectivity index is 1.65. The molecule has 5 rings (SSSR count). The van der Waals surface area contributed by atoms with Crippen molar-refractivity contribution >= 4 is 11.8 Å². The molecule has 0 radical (unpaired) electrons. The second-order valence-corrected chi connectivity index (χ2v) is 12.4. The molecule has 0 amide bonds. The number of ether oxygens (including phenoxy) is 1. The van der Waals surface area contributed by atoms with Crippen LogP contribution in [0.1, 0.15) is 85.1 Å². The van der Waals surface area contributed by atoms with Crippen LogP contribution < -0.4 is 0 Å². The van der Waals surface area contributed by atoms with Gasteiger partial charge in [-0.15, -0.1) is 0 Å². The van der Waals surface area contributed by atoms with Gasteiger partial charge < -0.3 is 14.3 Å². The summed E-state index contributed by atoms with van der Waals surface area (Å²) < 4.78 is 11.5. The lowest BCUT2D eigenvalue weighted by Gasteiger charge is -2.68. The predicted molar refractivity (Wildman–Crippen MR) is 124 cm³/mol. The zero-order chi connectivity index (χ0) is 24.0. The van der Waals surface area contributed by atoms with Crippen LogP contribution in [0, 0.1) is 33.5 Å². The molecule has 4 aliphatic carbocycles. The number of carbonyl (C=O) groups excluding carboxylic acids is 2. The van der Waals surface area contributed by atoms with Crippen molar-refractivity contribution in [3.8, 4) is 0 Å². The molecule has 0 saturated heterocycles. The van der Waals surface area contributed by atoms with Gasteiger partial charge >= 0.3 is 5.97 Å². The van der Waals surface area contributed by atoms with Crippen molar-refractivity contribution in [2.75, 3.05) is 0 Å². The van der Waals surface area contributed by atoms with E-state index >= 15 is 0 Å². The zero-order valence-electron chi connectivity index (χ0n) is 20.8. The van der Waals surface area contributed by atoms with E-state index in [0.717, 1.165) is 18.4 Å². The summed E-state index contributed by atoms with van der Waals surface area (Å²) in [5.74, 6) is 0.402. The summed E-state index contributed by atoms with van der Waals surface area (Å²) in [5.41, 5.74) is 0.930. The minimum absolute atomic E-state index is 0.105. The van der Waals surface area contributed by atoms with Crippen LogP contribution in [0.5, 0.6) is 0 Å². The fraction of sp³-hybridized carbons (Fsp3) is 0.714. The van der Waals surface area contributed by atoms with Gasteiger partial charge in [-0.3, -0.25) is 9.59 Å². The van der Waals surface area contributed by atoms with E-state index in [-0.39, 0.29) is 35.2 Å². The maximum absolute atomic E-state index is 12.9. The molecule has 0 bridgehead atoms. The summed E-state index contributed by atoms with van der Waals surface area (Å²) in [6.07, 6.45) is 8.56. The van der Waals surface area contributed by atoms with Gasteiger partial charge in [0.1, 0.15) is 11.9 Å². The lowest BCUT2D eigenvalue weighted by Crippen LogP contribution is -2.67. The number of carbonyl (C=O) groups is 2. The van der Waals surface area contributed by atoms with E-state index in [9.17, 15) is 14.7 Å². The molecule has 0 spiro atoms. The lowest BCUT2D eigenvalue weighted by molar-refractivity contribution is -0.209. The highest BCUT2D eigenvalue weighted by Gasteiger charge is 2.70. The van der Waals surface area contributed by atoms with Gasteiger partial charge in [-0.05, 0) is 54.6 Å². The Morgan fingerprint density at radius 1 is 1.12 bits per heavy atom. The van der Waals surface area contributed by atoms with Gasteiger partial charge in [0.2, 0.25) is 0 Å². The predicted octanol–water partition coefficient (Wildman–Crippen LogP) is 5.43. The van der Waals surface area contributed by atoms with Crippen molar-refractivity contribution in [3.63, 3.8) is 0 Å². The van der Waals surface area contributed by atoms with Crippen molar-refractivity contribution < 1.29 is 23.8 Å². The second-order valence-electron chi connectivity index (χ2n) is 12.4. The third kappa shape index (κ3) is 2.81. The average molecular weight is 455 g/mol. The van der Waals surface area contributed by atoms with Crippen LogP contribution in [0.3, 0.4) is 0 Å². The first-order valence-corrected chi connectivity index (χ1v) is 12.5. The van der Waals surface area contributed by atoms with Crippen molar-refractivity contribution in [1.29, 1.82) is 0 Å². The molecule has 1 aromatic rings. The first-order chi connectivity index (χ1) is 15.4. The van der Waals surface area contributed by atoms with Crippen LogP contribution in [-0.2, 0) is 14.3 Å². The van der Waals surface area contributed by atoms with Gasteiger partial charge in [-0.2, -0.15) is 0 Å². The fourth-order valence-corrected chi connectivity index (χ4v) is 9.02. The van der Waals surface area contributed by atoms with E-state index in [1.165, 1.54) is 12.5 Å². The second kappa shape index (κ2) is 7.07. The number of hydrogen-bond acceptors (Lipinski definition) is 5. The standard InChI is InChI=1S/C28H38O5/c1-16(29)33-24-14-21-26(4)11-9-22(30)25(2,3)20(26)13-23(31)28(21,6)19-8-7-18(27(19,24)5)17-10-12-32-15-17/h8,10,12,15,18,20-21,23-24,31H,7,9,11,13-14H2,1-6H3.